The van der Waals surface area contributed by atoms with E-state index in [0.717, 1.165) is 0 Å². The van der Waals surface area contributed by atoms with Gasteiger partial charge in [0.05, 0.1) is 0 Å². The lowest BCUT2D eigenvalue weighted by molar-refractivity contribution is -0.467. The number of hydrogen-bond donors (Lipinski definition) is 1. The van der Waals surface area contributed by atoms with E-state index in [4.69, 9.17) is 11.6 Å². The van der Waals surface area contributed by atoms with Crippen LogP contribution in [0.25, 0.3) is 0 Å². The molecular formula is C5H9ClN2O3. The van der Waals surface area contributed by atoms with Crippen molar-refractivity contribution in [2.24, 2.45) is 0 Å². The second kappa shape index (κ2) is 5.91. The zero-order chi connectivity index (χ0) is 8.69. The number of carbonyl (C=O) groups is 1. The Balaban J connectivity index is 3.30. The Hall–Kier alpha value is -0.840. The third-order valence-corrected chi connectivity index (χ3v) is 1.17. The fraction of sp³-hybridized carbons (Fsp3) is 0.800. The van der Waals surface area contributed by atoms with Crippen molar-refractivity contribution in [2.45, 2.75) is 6.42 Å². The Labute approximate surface area is 68.9 Å². The van der Waals surface area contributed by atoms with Crippen LogP contribution in [0.15, 0.2) is 0 Å². The van der Waals surface area contributed by atoms with E-state index in [0.29, 0.717) is 18.8 Å². The van der Waals surface area contributed by atoms with Crippen LogP contribution in [0, 0.1) is 10.1 Å². The Morgan fingerprint density at radius 2 is 2.27 bits per heavy atom. The van der Waals surface area contributed by atoms with Crippen LogP contribution in [0.3, 0.4) is 0 Å². The van der Waals surface area contributed by atoms with Crippen LogP contribution in [0.2, 0.25) is 0 Å². The summed E-state index contributed by atoms with van der Waals surface area (Å²) in [5, 5.41) is 12.1. The summed E-state index contributed by atoms with van der Waals surface area (Å²) in [4.78, 5) is 19.6. The number of alkyl halides is 1. The largest absolute Gasteiger partial charge is 0.350 e. The van der Waals surface area contributed by atoms with Gasteiger partial charge in [-0.05, 0) is 6.42 Å². The van der Waals surface area contributed by atoms with E-state index in [1.165, 1.54) is 0 Å². The van der Waals surface area contributed by atoms with Crippen molar-refractivity contribution in [2.75, 3.05) is 19.0 Å². The van der Waals surface area contributed by atoms with Crippen molar-refractivity contribution in [1.82, 2.24) is 5.32 Å². The summed E-state index contributed by atoms with van der Waals surface area (Å²) in [5.41, 5.74) is 0. The summed E-state index contributed by atoms with van der Waals surface area (Å²) in [5.74, 6) is -0.126. The lowest BCUT2D eigenvalue weighted by atomic mass is 10.4. The van der Waals surface area contributed by atoms with E-state index in [9.17, 15) is 14.9 Å². The average molecular weight is 181 g/mol. The fourth-order valence-corrected chi connectivity index (χ4v) is 0.601. The first kappa shape index (κ1) is 10.2. The summed E-state index contributed by atoms with van der Waals surface area (Å²) in [7, 11) is 0. The molecule has 0 atom stereocenters. The average Bonchev–Trinajstić information content (AvgIpc) is 1.86. The molecule has 0 bridgehead atoms. The Bertz CT molecular complexity index is 151. The number of nitro groups is 1. The van der Waals surface area contributed by atoms with Crippen molar-refractivity contribution in [3.63, 3.8) is 0 Å². The van der Waals surface area contributed by atoms with Crippen LogP contribution in [0.5, 0.6) is 0 Å². The molecule has 1 N–H and O–H groups in total. The van der Waals surface area contributed by atoms with Crippen molar-refractivity contribution in [1.29, 1.82) is 0 Å². The van der Waals surface area contributed by atoms with Crippen molar-refractivity contribution in [3.8, 4) is 0 Å². The topological polar surface area (TPSA) is 72.2 Å². The molecule has 0 spiro atoms. The number of amides is 1. The molecule has 0 aromatic heterocycles. The highest BCUT2D eigenvalue weighted by Gasteiger charge is 2.06. The number of nitrogens with one attached hydrogen (secondary N) is 1. The highest BCUT2D eigenvalue weighted by Crippen LogP contribution is 1.80. The first-order valence-electron chi connectivity index (χ1n) is 3.11. The van der Waals surface area contributed by atoms with Crippen LogP contribution >= 0.6 is 11.6 Å². The van der Waals surface area contributed by atoms with Gasteiger partial charge in [0.1, 0.15) is 0 Å². The van der Waals surface area contributed by atoms with Gasteiger partial charge in [-0.3, -0.25) is 14.9 Å². The molecule has 0 aliphatic carbocycles. The Kier molecular flexibility index (Phi) is 5.46. The van der Waals surface area contributed by atoms with Gasteiger partial charge in [-0.25, -0.2) is 0 Å². The summed E-state index contributed by atoms with van der Waals surface area (Å²) < 4.78 is 0. The summed E-state index contributed by atoms with van der Waals surface area (Å²) in [6.07, 6.45) is 0.630. The van der Waals surface area contributed by atoms with E-state index in [1.54, 1.807) is 0 Å². The van der Waals surface area contributed by atoms with Gasteiger partial charge in [0.2, 0.25) is 0 Å². The van der Waals surface area contributed by atoms with Crippen LogP contribution in [-0.2, 0) is 4.79 Å². The number of rotatable bonds is 5. The van der Waals surface area contributed by atoms with Crippen molar-refractivity contribution in [3.05, 3.63) is 10.1 Å². The molecule has 0 saturated heterocycles. The van der Waals surface area contributed by atoms with Gasteiger partial charge in [0, 0.05) is 17.3 Å². The molecule has 0 rings (SSSR count). The highest BCUT2D eigenvalue weighted by molar-refractivity contribution is 6.17. The maximum atomic E-state index is 10.5. The SMILES string of the molecule is O=C(C[N+](=O)[O-])NCCCCl. The highest BCUT2D eigenvalue weighted by atomic mass is 35.5. The third kappa shape index (κ3) is 7.05. The van der Waals surface area contributed by atoms with Crippen molar-refractivity contribution < 1.29 is 9.72 Å². The second-order valence-electron chi connectivity index (χ2n) is 1.88. The lowest BCUT2D eigenvalue weighted by Gasteiger charge is -1.98. The second-order valence-corrected chi connectivity index (χ2v) is 2.26. The molecule has 0 unspecified atom stereocenters. The third-order valence-electron chi connectivity index (χ3n) is 0.905. The minimum Gasteiger partial charge on any atom is -0.350 e. The van der Waals surface area contributed by atoms with Gasteiger partial charge in [0.15, 0.2) is 0 Å². The predicted octanol–water partition coefficient (Wildman–Crippen LogP) is 0.00820. The molecule has 11 heavy (non-hydrogen) atoms. The number of nitrogens with zero attached hydrogens (tertiary/aromatic N) is 1. The summed E-state index contributed by atoms with van der Waals surface area (Å²) in [6.45, 7) is -0.265. The van der Waals surface area contributed by atoms with Gasteiger partial charge >= 0.3 is 0 Å². The van der Waals surface area contributed by atoms with E-state index >= 15 is 0 Å². The van der Waals surface area contributed by atoms with Crippen LogP contribution in [0.1, 0.15) is 6.42 Å². The van der Waals surface area contributed by atoms with Gasteiger partial charge in [-0.2, -0.15) is 0 Å². The monoisotopic (exact) mass is 180 g/mol. The fourth-order valence-electron chi connectivity index (χ4n) is 0.468. The quantitative estimate of drug-likeness (QED) is 0.280. The van der Waals surface area contributed by atoms with Gasteiger partial charge in [-0.15, -0.1) is 11.6 Å². The van der Waals surface area contributed by atoms with Crippen LogP contribution < -0.4 is 5.32 Å². The molecule has 0 radical (unpaired) electrons. The lowest BCUT2D eigenvalue weighted by Crippen LogP contribution is -2.30. The molecule has 64 valence electrons. The first-order chi connectivity index (χ1) is 5.16. The maximum absolute atomic E-state index is 10.5. The Morgan fingerprint density at radius 3 is 2.73 bits per heavy atom. The molecular weight excluding hydrogens is 172 g/mol. The Morgan fingerprint density at radius 1 is 1.64 bits per heavy atom. The van der Waals surface area contributed by atoms with Crippen LogP contribution in [0.4, 0.5) is 0 Å². The minimum atomic E-state index is -0.671. The first-order valence-corrected chi connectivity index (χ1v) is 3.64. The van der Waals surface area contributed by atoms with E-state index in [1.807, 2.05) is 0 Å². The standard InChI is InChI=1S/C5H9ClN2O3/c6-2-1-3-7-5(9)4-8(10)11/h1-4H2,(H,7,9). The minimum absolute atomic E-state index is 0.399. The number of carbonyl (C=O) groups excluding carboxylic acids is 1. The zero-order valence-corrected chi connectivity index (χ0v) is 6.63. The van der Waals surface area contributed by atoms with Crippen molar-refractivity contribution >= 4 is 17.5 Å². The molecule has 1 amide bonds. The van der Waals surface area contributed by atoms with E-state index in [-0.39, 0.29) is 0 Å². The zero-order valence-electron chi connectivity index (χ0n) is 5.88. The van der Waals surface area contributed by atoms with Crippen LogP contribution in [-0.4, -0.2) is 29.8 Å². The number of hydrogen-bond acceptors (Lipinski definition) is 3. The molecule has 5 nitrogen and oxygen atoms in total. The molecule has 0 aliphatic heterocycles. The van der Waals surface area contributed by atoms with Gasteiger partial charge in [-0.1, -0.05) is 0 Å². The molecule has 0 fully saturated rings. The maximum Gasteiger partial charge on any atom is 0.291 e. The smallest absolute Gasteiger partial charge is 0.291 e. The van der Waals surface area contributed by atoms with E-state index < -0.39 is 17.4 Å². The summed E-state index contributed by atoms with van der Waals surface area (Å²) in [6, 6.07) is 0. The normalized spacial score (nSPS) is 9.18. The molecule has 6 heteroatoms. The molecule has 0 aromatic carbocycles. The number of halogens is 1. The molecule has 0 saturated carbocycles. The molecule has 0 aromatic rings. The van der Waals surface area contributed by atoms with E-state index in [2.05, 4.69) is 5.32 Å². The molecule has 0 aliphatic rings. The summed E-state index contributed by atoms with van der Waals surface area (Å²) >= 11 is 5.31. The van der Waals surface area contributed by atoms with Gasteiger partial charge in [0.25, 0.3) is 12.5 Å². The van der Waals surface area contributed by atoms with Gasteiger partial charge < -0.3 is 5.32 Å². The molecule has 0 heterocycles. The predicted molar refractivity (Wildman–Crippen MR) is 40.2 cm³/mol.